The van der Waals surface area contributed by atoms with E-state index in [4.69, 9.17) is 9.47 Å². The van der Waals surface area contributed by atoms with E-state index in [1.807, 2.05) is 43.8 Å². The van der Waals surface area contributed by atoms with Crippen LogP contribution in [0.3, 0.4) is 0 Å². The molecule has 0 saturated carbocycles. The van der Waals surface area contributed by atoms with Gasteiger partial charge in [-0.15, -0.1) is 0 Å². The van der Waals surface area contributed by atoms with Gasteiger partial charge in [-0.25, -0.2) is 0 Å². The number of hydrogen-bond acceptors (Lipinski definition) is 4. The van der Waals surface area contributed by atoms with Gasteiger partial charge in [0.05, 0.1) is 19.4 Å². The molecule has 7 heteroatoms. The number of nitrogens with one attached hydrogen (secondary N) is 2. The fourth-order valence-electron chi connectivity index (χ4n) is 2.58. The van der Waals surface area contributed by atoms with Crippen LogP contribution in [0.1, 0.15) is 23.9 Å². The molecule has 0 amide bonds. The molecular weight excluding hydrogens is 318 g/mol. The van der Waals surface area contributed by atoms with Crippen LogP contribution >= 0.6 is 0 Å². The summed E-state index contributed by atoms with van der Waals surface area (Å²) in [7, 11) is 5.32. The van der Waals surface area contributed by atoms with E-state index in [-0.39, 0.29) is 0 Å². The fourth-order valence-corrected chi connectivity index (χ4v) is 2.58. The Labute approximate surface area is 149 Å². The smallest absolute Gasteiger partial charge is 0.195 e. The average Bonchev–Trinajstić information content (AvgIpc) is 2.85. The van der Waals surface area contributed by atoms with Crippen molar-refractivity contribution in [2.24, 2.45) is 12.0 Å². The number of benzene rings is 1. The van der Waals surface area contributed by atoms with Gasteiger partial charge in [0.2, 0.25) is 0 Å². The van der Waals surface area contributed by atoms with Crippen LogP contribution in [0.15, 0.2) is 23.2 Å². The predicted molar refractivity (Wildman–Crippen MR) is 101 cm³/mol. The van der Waals surface area contributed by atoms with Crippen LogP contribution < -0.4 is 20.1 Å². The zero-order valence-corrected chi connectivity index (χ0v) is 15.8. The maximum Gasteiger partial charge on any atom is 0.195 e. The maximum atomic E-state index is 5.54. The van der Waals surface area contributed by atoms with Crippen LogP contribution in [0.25, 0.3) is 0 Å². The second kappa shape index (κ2) is 8.41. The summed E-state index contributed by atoms with van der Waals surface area (Å²) in [5.74, 6) is 2.08. The lowest BCUT2D eigenvalue weighted by Gasteiger charge is -2.14. The molecule has 0 bridgehead atoms. The number of aromatic nitrogens is 2. The van der Waals surface area contributed by atoms with Crippen molar-refractivity contribution in [3.63, 3.8) is 0 Å². The molecular formula is C18H27N5O2. The molecule has 136 valence electrons. The molecule has 0 fully saturated rings. The van der Waals surface area contributed by atoms with Crippen molar-refractivity contribution in [2.75, 3.05) is 26.1 Å². The number of nitrogens with zero attached hydrogens (tertiary/aromatic N) is 3. The number of aryl methyl sites for hydroxylation is 2. The molecule has 7 nitrogen and oxygen atoms in total. The molecule has 1 aromatic heterocycles. The first kappa shape index (κ1) is 18.6. The van der Waals surface area contributed by atoms with Gasteiger partial charge >= 0.3 is 0 Å². The number of guanidine groups is 1. The fraction of sp³-hybridized carbons (Fsp3) is 0.444. The molecule has 2 aromatic rings. The minimum Gasteiger partial charge on any atom is -0.493 e. The predicted octanol–water partition coefficient (Wildman–Crippen LogP) is 2.63. The molecule has 0 aliphatic heterocycles. The number of rotatable bonds is 6. The Balaban J connectivity index is 2.07. The Kier molecular flexibility index (Phi) is 6.27. The highest BCUT2D eigenvalue weighted by atomic mass is 16.5. The molecule has 0 spiro atoms. The first-order valence-electron chi connectivity index (χ1n) is 8.27. The van der Waals surface area contributed by atoms with Crippen LogP contribution in [-0.4, -0.2) is 36.5 Å². The van der Waals surface area contributed by atoms with Crippen molar-refractivity contribution in [1.29, 1.82) is 0 Å². The minimum absolute atomic E-state index is 0.593. The van der Waals surface area contributed by atoms with Crippen molar-refractivity contribution >= 4 is 11.6 Å². The van der Waals surface area contributed by atoms with Crippen molar-refractivity contribution in [3.8, 4) is 11.5 Å². The summed E-state index contributed by atoms with van der Waals surface area (Å²) >= 11 is 0. The van der Waals surface area contributed by atoms with E-state index >= 15 is 0 Å². The number of anilines is 1. The molecule has 2 N–H and O–H groups in total. The zero-order chi connectivity index (χ0) is 18.4. The van der Waals surface area contributed by atoms with Gasteiger partial charge in [-0.3, -0.25) is 9.67 Å². The van der Waals surface area contributed by atoms with E-state index < -0.39 is 0 Å². The van der Waals surface area contributed by atoms with Crippen molar-refractivity contribution in [1.82, 2.24) is 15.1 Å². The standard InChI is InChI=1S/C18H27N5O2/c1-7-25-16-9-8-14(10-17(16)24-6)21-18(19-4)20-11-15-12(2)22-23(5)13(15)3/h8-10H,7,11H2,1-6H3,(H2,19,20,21). The Morgan fingerprint density at radius 1 is 1.28 bits per heavy atom. The first-order chi connectivity index (χ1) is 12.0. The Bertz CT molecular complexity index is 752. The lowest BCUT2D eigenvalue weighted by molar-refractivity contribution is 0.311. The Morgan fingerprint density at radius 2 is 2.04 bits per heavy atom. The number of methoxy groups -OCH3 is 1. The summed E-state index contributed by atoms with van der Waals surface area (Å²) in [6, 6.07) is 5.70. The van der Waals surface area contributed by atoms with Gasteiger partial charge in [0.1, 0.15) is 0 Å². The monoisotopic (exact) mass is 345 g/mol. The van der Waals surface area contributed by atoms with Gasteiger partial charge in [0.15, 0.2) is 17.5 Å². The summed E-state index contributed by atoms with van der Waals surface area (Å²) in [5, 5.41) is 11.0. The highest BCUT2D eigenvalue weighted by molar-refractivity contribution is 5.93. The topological polar surface area (TPSA) is 72.7 Å². The van der Waals surface area contributed by atoms with Crippen molar-refractivity contribution in [3.05, 3.63) is 35.2 Å². The summed E-state index contributed by atoms with van der Waals surface area (Å²) < 4.78 is 12.8. The van der Waals surface area contributed by atoms with Crippen LogP contribution in [0.2, 0.25) is 0 Å². The van der Waals surface area contributed by atoms with E-state index in [2.05, 4.69) is 27.6 Å². The van der Waals surface area contributed by atoms with E-state index in [1.54, 1.807) is 14.2 Å². The van der Waals surface area contributed by atoms with E-state index in [1.165, 1.54) is 5.56 Å². The average molecular weight is 345 g/mol. The van der Waals surface area contributed by atoms with E-state index in [9.17, 15) is 0 Å². The van der Waals surface area contributed by atoms with Crippen LogP contribution in [0.4, 0.5) is 5.69 Å². The highest BCUT2D eigenvalue weighted by Crippen LogP contribution is 2.30. The van der Waals surface area contributed by atoms with Gasteiger partial charge < -0.3 is 20.1 Å². The highest BCUT2D eigenvalue weighted by Gasteiger charge is 2.11. The van der Waals surface area contributed by atoms with Crippen molar-refractivity contribution in [2.45, 2.75) is 27.3 Å². The van der Waals surface area contributed by atoms with Gasteiger partial charge in [0, 0.05) is 43.7 Å². The Morgan fingerprint density at radius 3 is 2.60 bits per heavy atom. The minimum atomic E-state index is 0.593. The maximum absolute atomic E-state index is 5.54. The summed E-state index contributed by atoms with van der Waals surface area (Å²) in [4.78, 5) is 4.27. The van der Waals surface area contributed by atoms with Crippen molar-refractivity contribution < 1.29 is 9.47 Å². The third-order valence-electron chi connectivity index (χ3n) is 4.04. The first-order valence-corrected chi connectivity index (χ1v) is 8.27. The number of hydrogen-bond donors (Lipinski definition) is 2. The molecule has 2 rings (SSSR count). The lowest BCUT2D eigenvalue weighted by Crippen LogP contribution is -2.30. The molecule has 1 heterocycles. The third kappa shape index (κ3) is 4.43. The van der Waals surface area contributed by atoms with Gasteiger partial charge in [-0.2, -0.15) is 5.10 Å². The van der Waals surface area contributed by atoms with Gasteiger partial charge in [0.25, 0.3) is 0 Å². The molecule has 0 saturated heterocycles. The third-order valence-corrected chi connectivity index (χ3v) is 4.04. The van der Waals surface area contributed by atoms with Crippen LogP contribution in [0.5, 0.6) is 11.5 Å². The molecule has 0 aliphatic rings. The SMILES string of the molecule is CCOc1ccc(NC(=NC)NCc2c(C)nn(C)c2C)cc1OC. The van der Waals surface area contributed by atoms with E-state index in [0.29, 0.717) is 24.9 Å². The van der Waals surface area contributed by atoms with Crippen LogP contribution in [0, 0.1) is 13.8 Å². The largest absolute Gasteiger partial charge is 0.493 e. The molecule has 25 heavy (non-hydrogen) atoms. The number of ether oxygens (including phenoxy) is 2. The molecule has 0 aliphatic carbocycles. The second-order valence-electron chi connectivity index (χ2n) is 5.62. The normalized spacial score (nSPS) is 11.4. The molecule has 1 aromatic carbocycles. The molecule has 0 radical (unpaired) electrons. The lowest BCUT2D eigenvalue weighted by atomic mass is 10.2. The van der Waals surface area contributed by atoms with Gasteiger partial charge in [-0.05, 0) is 32.9 Å². The second-order valence-corrected chi connectivity index (χ2v) is 5.62. The summed E-state index contributed by atoms with van der Waals surface area (Å²) in [5.41, 5.74) is 4.21. The van der Waals surface area contributed by atoms with E-state index in [0.717, 1.165) is 22.8 Å². The number of aliphatic imine (C=N–C) groups is 1. The summed E-state index contributed by atoms with van der Waals surface area (Å²) in [6.07, 6.45) is 0. The van der Waals surface area contributed by atoms with Gasteiger partial charge in [-0.1, -0.05) is 0 Å². The molecule has 0 unspecified atom stereocenters. The molecule has 0 atom stereocenters. The summed E-state index contributed by atoms with van der Waals surface area (Å²) in [6.45, 7) is 7.26. The van der Waals surface area contributed by atoms with Crippen LogP contribution in [-0.2, 0) is 13.6 Å². The zero-order valence-electron chi connectivity index (χ0n) is 15.8. The Hall–Kier alpha value is -2.70. The quantitative estimate of drug-likeness (QED) is 0.622.